The monoisotopic (exact) mass is 241 g/mol. The Bertz CT molecular complexity index is 311. The number of nitrogens with one attached hydrogen (secondary N) is 1. The minimum Gasteiger partial charge on any atom is -0.468 e. The molecule has 17 heavy (non-hydrogen) atoms. The molecule has 2 N–H and O–H groups in total. The lowest BCUT2D eigenvalue weighted by Crippen LogP contribution is -2.71. The first-order valence-corrected chi connectivity index (χ1v) is 6.37. The summed E-state index contributed by atoms with van der Waals surface area (Å²) in [6, 6.07) is 0. The molecule has 1 saturated carbocycles. The summed E-state index contributed by atoms with van der Waals surface area (Å²) in [5.74, 6) is -0.265. The molecule has 0 bridgehead atoms. The number of rotatable bonds is 2. The van der Waals surface area contributed by atoms with E-state index >= 15 is 0 Å². The van der Waals surface area contributed by atoms with Gasteiger partial charge in [-0.3, -0.25) is 4.79 Å². The van der Waals surface area contributed by atoms with Crippen molar-refractivity contribution in [1.29, 1.82) is 0 Å². The Hall–Kier alpha value is -0.610. The van der Waals surface area contributed by atoms with Crippen molar-refractivity contribution >= 4 is 5.97 Å². The average Bonchev–Trinajstić information content (AvgIpc) is 2.21. The minimum absolute atomic E-state index is 0.265. The highest BCUT2D eigenvalue weighted by molar-refractivity contribution is 5.80. The van der Waals surface area contributed by atoms with Gasteiger partial charge in [0.2, 0.25) is 0 Å². The lowest BCUT2D eigenvalue weighted by molar-refractivity contribution is -0.191. The van der Waals surface area contributed by atoms with Crippen LogP contribution in [0.2, 0.25) is 0 Å². The highest BCUT2D eigenvalue weighted by Gasteiger charge is 2.61. The first-order chi connectivity index (χ1) is 7.85. The van der Waals surface area contributed by atoms with Crippen molar-refractivity contribution in [3.63, 3.8) is 0 Å². The van der Waals surface area contributed by atoms with E-state index in [1.807, 2.05) is 0 Å². The third-order valence-corrected chi connectivity index (χ3v) is 4.75. The number of carbonyl (C=O) groups is 1. The minimum atomic E-state index is -0.888. The molecule has 0 aromatic carbocycles. The highest BCUT2D eigenvalue weighted by Crippen LogP contribution is 2.50. The molecule has 1 saturated heterocycles. The van der Waals surface area contributed by atoms with E-state index in [1.54, 1.807) is 0 Å². The van der Waals surface area contributed by atoms with E-state index < -0.39 is 11.0 Å². The summed E-state index contributed by atoms with van der Waals surface area (Å²) in [6.07, 6.45) is 3.30. The summed E-state index contributed by atoms with van der Waals surface area (Å²) in [6.45, 7) is 5.51. The van der Waals surface area contributed by atoms with Gasteiger partial charge in [-0.25, -0.2) is 0 Å². The van der Waals surface area contributed by atoms with E-state index in [9.17, 15) is 9.90 Å². The second kappa shape index (κ2) is 3.95. The number of ether oxygens (including phenoxy) is 1. The number of hydrogen-bond acceptors (Lipinski definition) is 4. The molecule has 98 valence electrons. The van der Waals surface area contributed by atoms with E-state index in [1.165, 1.54) is 7.11 Å². The second-order valence-corrected chi connectivity index (χ2v) is 6.37. The van der Waals surface area contributed by atoms with Crippen molar-refractivity contribution in [2.45, 2.75) is 45.1 Å². The molecule has 0 aromatic heterocycles. The molecule has 2 fully saturated rings. The number of esters is 1. The van der Waals surface area contributed by atoms with Crippen LogP contribution >= 0.6 is 0 Å². The van der Waals surface area contributed by atoms with Crippen LogP contribution in [-0.4, -0.2) is 36.9 Å². The third kappa shape index (κ3) is 1.87. The fourth-order valence-electron chi connectivity index (χ4n) is 3.05. The zero-order valence-corrected chi connectivity index (χ0v) is 11.0. The summed E-state index contributed by atoms with van der Waals surface area (Å²) in [5, 5.41) is 13.9. The quantitative estimate of drug-likeness (QED) is 0.710. The normalized spacial score (nSPS) is 29.2. The molecular weight excluding hydrogens is 218 g/mol. The van der Waals surface area contributed by atoms with Gasteiger partial charge < -0.3 is 15.2 Å². The van der Waals surface area contributed by atoms with E-state index in [0.29, 0.717) is 25.9 Å². The number of methoxy groups -OCH3 is 1. The Morgan fingerprint density at radius 3 is 2.06 bits per heavy atom. The summed E-state index contributed by atoms with van der Waals surface area (Å²) < 4.78 is 4.89. The number of aliphatic hydroxyl groups is 1. The maximum Gasteiger partial charge on any atom is 0.317 e. The van der Waals surface area contributed by atoms with Gasteiger partial charge in [0.05, 0.1) is 12.7 Å². The van der Waals surface area contributed by atoms with Crippen LogP contribution in [0, 0.1) is 10.8 Å². The predicted molar refractivity (Wildman–Crippen MR) is 64.5 cm³/mol. The summed E-state index contributed by atoms with van der Waals surface area (Å²) in [5.41, 5.74) is -1.32. The fourth-order valence-corrected chi connectivity index (χ4v) is 3.05. The van der Waals surface area contributed by atoms with Gasteiger partial charge >= 0.3 is 5.97 Å². The maximum atomic E-state index is 12.0. The van der Waals surface area contributed by atoms with Crippen LogP contribution in [0.25, 0.3) is 0 Å². The molecule has 0 unspecified atom stereocenters. The van der Waals surface area contributed by atoms with E-state index in [4.69, 9.17) is 4.74 Å². The highest BCUT2D eigenvalue weighted by atomic mass is 16.5. The van der Waals surface area contributed by atoms with Crippen molar-refractivity contribution in [1.82, 2.24) is 5.32 Å². The van der Waals surface area contributed by atoms with Gasteiger partial charge in [0, 0.05) is 13.1 Å². The van der Waals surface area contributed by atoms with Crippen molar-refractivity contribution in [3.05, 3.63) is 0 Å². The first kappa shape index (κ1) is 12.8. The molecule has 1 aliphatic carbocycles. The van der Waals surface area contributed by atoms with Gasteiger partial charge in [-0.2, -0.15) is 0 Å². The molecule has 2 aliphatic rings. The first-order valence-electron chi connectivity index (χ1n) is 6.37. The van der Waals surface area contributed by atoms with E-state index in [0.717, 1.165) is 12.8 Å². The Morgan fingerprint density at radius 2 is 1.71 bits per heavy atom. The number of carbonyl (C=O) groups excluding carboxylic acids is 1. The molecule has 0 radical (unpaired) electrons. The molecule has 0 aromatic rings. The van der Waals surface area contributed by atoms with Crippen LogP contribution in [0.15, 0.2) is 0 Å². The van der Waals surface area contributed by atoms with Gasteiger partial charge in [-0.15, -0.1) is 0 Å². The Balaban J connectivity index is 2.18. The van der Waals surface area contributed by atoms with Gasteiger partial charge in [0.1, 0.15) is 5.41 Å². The predicted octanol–water partition coefficient (Wildman–Crippen LogP) is 1.08. The molecule has 2 rings (SSSR count). The Morgan fingerprint density at radius 1 is 1.18 bits per heavy atom. The molecule has 1 aliphatic heterocycles. The molecule has 1 heterocycles. The zero-order valence-electron chi connectivity index (χ0n) is 11.0. The average molecular weight is 241 g/mol. The van der Waals surface area contributed by atoms with E-state index in [2.05, 4.69) is 19.2 Å². The number of hydrogen-bond donors (Lipinski definition) is 2. The molecule has 4 nitrogen and oxygen atoms in total. The van der Waals surface area contributed by atoms with Crippen LogP contribution in [0.4, 0.5) is 0 Å². The topological polar surface area (TPSA) is 58.6 Å². The van der Waals surface area contributed by atoms with Crippen molar-refractivity contribution in [3.8, 4) is 0 Å². The smallest absolute Gasteiger partial charge is 0.317 e. The van der Waals surface area contributed by atoms with Crippen LogP contribution < -0.4 is 5.32 Å². The Labute approximate surface area is 103 Å². The van der Waals surface area contributed by atoms with Crippen LogP contribution in [0.3, 0.4) is 0 Å². The van der Waals surface area contributed by atoms with Gasteiger partial charge in [-0.05, 0) is 31.1 Å². The molecule has 0 amide bonds. The SMILES string of the molecule is COC(=O)C1(C2(O)CCC(C)(C)CC2)CNC1. The molecule has 0 atom stereocenters. The second-order valence-electron chi connectivity index (χ2n) is 6.37. The molecule has 4 heteroatoms. The maximum absolute atomic E-state index is 12.0. The largest absolute Gasteiger partial charge is 0.468 e. The fraction of sp³-hybridized carbons (Fsp3) is 0.923. The van der Waals surface area contributed by atoms with Gasteiger partial charge in [-0.1, -0.05) is 13.8 Å². The van der Waals surface area contributed by atoms with Crippen LogP contribution in [0.1, 0.15) is 39.5 Å². The van der Waals surface area contributed by atoms with Gasteiger partial charge in [0.15, 0.2) is 0 Å². The van der Waals surface area contributed by atoms with E-state index in [-0.39, 0.29) is 11.4 Å². The third-order valence-electron chi connectivity index (χ3n) is 4.75. The molecular formula is C13H23NO3. The summed E-state index contributed by atoms with van der Waals surface area (Å²) in [4.78, 5) is 12.0. The van der Waals surface area contributed by atoms with Crippen LogP contribution in [-0.2, 0) is 9.53 Å². The summed E-state index contributed by atoms with van der Waals surface area (Å²) >= 11 is 0. The van der Waals surface area contributed by atoms with Crippen molar-refractivity contribution < 1.29 is 14.6 Å². The van der Waals surface area contributed by atoms with Crippen molar-refractivity contribution in [2.24, 2.45) is 10.8 Å². The van der Waals surface area contributed by atoms with Crippen LogP contribution in [0.5, 0.6) is 0 Å². The molecule has 0 spiro atoms. The Kier molecular flexibility index (Phi) is 2.99. The summed E-state index contributed by atoms with van der Waals surface area (Å²) in [7, 11) is 1.40. The lowest BCUT2D eigenvalue weighted by atomic mass is 9.58. The zero-order chi connectivity index (χ0) is 12.7. The lowest BCUT2D eigenvalue weighted by Gasteiger charge is -2.54. The van der Waals surface area contributed by atoms with Crippen molar-refractivity contribution in [2.75, 3.05) is 20.2 Å². The van der Waals surface area contributed by atoms with Gasteiger partial charge in [0.25, 0.3) is 0 Å². The standard InChI is InChI=1S/C13H23NO3/c1-11(2)4-6-13(16,7-5-11)12(8-14-9-12)10(15)17-3/h14,16H,4-9H2,1-3H3.